The van der Waals surface area contributed by atoms with Gasteiger partial charge in [0.25, 0.3) is 0 Å². The lowest BCUT2D eigenvalue weighted by molar-refractivity contribution is -0.134. The molecule has 2 amide bonds. The van der Waals surface area contributed by atoms with E-state index in [1.54, 1.807) is 17.8 Å². The third kappa shape index (κ3) is 4.11. The fraction of sp³-hybridized carbons (Fsp3) is 0.421. The van der Waals surface area contributed by atoms with Gasteiger partial charge in [-0.2, -0.15) is 5.10 Å². The van der Waals surface area contributed by atoms with E-state index in [2.05, 4.69) is 15.3 Å². The van der Waals surface area contributed by atoms with Crippen LogP contribution in [0.5, 0.6) is 0 Å². The fourth-order valence-electron chi connectivity index (χ4n) is 3.44. The first kappa shape index (κ1) is 18.1. The summed E-state index contributed by atoms with van der Waals surface area (Å²) in [6.07, 6.45) is 1.80. The Hall–Kier alpha value is -2.67. The molecule has 1 atom stereocenters. The Morgan fingerprint density at radius 3 is 2.58 bits per heavy atom. The van der Waals surface area contributed by atoms with Crippen LogP contribution in [0.1, 0.15) is 24.2 Å². The molecule has 0 radical (unpaired) electrons. The van der Waals surface area contributed by atoms with Crippen molar-refractivity contribution in [3.8, 4) is 0 Å². The smallest absolute Gasteiger partial charge is 0.238 e. The molecule has 0 spiro atoms. The Morgan fingerprint density at radius 1 is 1.23 bits per heavy atom. The van der Waals surface area contributed by atoms with E-state index in [9.17, 15) is 9.59 Å². The Morgan fingerprint density at radius 2 is 1.96 bits per heavy atom. The lowest BCUT2D eigenvalue weighted by atomic mass is 10.0. The van der Waals surface area contributed by atoms with Gasteiger partial charge in [-0.15, -0.1) is 0 Å². The second kappa shape index (κ2) is 7.70. The SMILES string of the molecule is CC(=O)N1CCN(CC(=O)Nc2cn(C)nc2C)C[C@H]1c1ccccc1. The van der Waals surface area contributed by atoms with E-state index >= 15 is 0 Å². The largest absolute Gasteiger partial charge is 0.333 e. The quantitative estimate of drug-likeness (QED) is 0.904. The standard InChI is InChI=1S/C19H25N5O2/c1-14-17(11-22(3)21-14)20-19(26)13-23-9-10-24(15(2)25)18(12-23)16-7-5-4-6-8-16/h4-8,11,18H,9-10,12-13H2,1-3H3,(H,20,26)/t18-/m0/s1. The van der Waals surface area contributed by atoms with Crippen molar-refractivity contribution in [3.05, 3.63) is 47.8 Å². The molecule has 2 aromatic rings. The van der Waals surface area contributed by atoms with Crippen molar-refractivity contribution in [3.63, 3.8) is 0 Å². The molecule has 2 heterocycles. The number of benzene rings is 1. The molecule has 1 saturated heterocycles. The Kier molecular flexibility index (Phi) is 5.37. The highest BCUT2D eigenvalue weighted by Gasteiger charge is 2.30. The number of hydrogen-bond acceptors (Lipinski definition) is 4. The van der Waals surface area contributed by atoms with E-state index in [1.165, 1.54) is 0 Å². The number of amides is 2. The van der Waals surface area contributed by atoms with Crippen molar-refractivity contribution in [1.82, 2.24) is 19.6 Å². The number of carbonyl (C=O) groups excluding carboxylic acids is 2. The van der Waals surface area contributed by atoms with E-state index in [1.807, 2.05) is 49.2 Å². The number of aryl methyl sites for hydroxylation is 2. The van der Waals surface area contributed by atoms with Crippen LogP contribution in [-0.4, -0.2) is 57.6 Å². The average Bonchev–Trinajstić information content (AvgIpc) is 2.92. The second-order valence-corrected chi connectivity index (χ2v) is 6.72. The Bertz CT molecular complexity index is 786. The van der Waals surface area contributed by atoms with Crippen molar-refractivity contribution in [2.24, 2.45) is 7.05 Å². The van der Waals surface area contributed by atoms with Gasteiger partial charge in [-0.05, 0) is 12.5 Å². The molecule has 1 aromatic heterocycles. The molecule has 1 fully saturated rings. The van der Waals surface area contributed by atoms with E-state index in [0.29, 0.717) is 26.2 Å². The summed E-state index contributed by atoms with van der Waals surface area (Å²) in [4.78, 5) is 28.4. The average molecular weight is 355 g/mol. The van der Waals surface area contributed by atoms with Gasteiger partial charge in [-0.1, -0.05) is 30.3 Å². The molecular weight excluding hydrogens is 330 g/mol. The molecule has 0 bridgehead atoms. The number of piperazine rings is 1. The van der Waals surface area contributed by atoms with Crippen LogP contribution < -0.4 is 5.32 Å². The van der Waals surface area contributed by atoms with Crippen LogP contribution in [0.15, 0.2) is 36.5 Å². The zero-order valence-corrected chi connectivity index (χ0v) is 15.5. The van der Waals surface area contributed by atoms with Gasteiger partial charge in [0.15, 0.2) is 0 Å². The van der Waals surface area contributed by atoms with Gasteiger partial charge in [0.1, 0.15) is 0 Å². The van der Waals surface area contributed by atoms with Crippen LogP contribution in [0.3, 0.4) is 0 Å². The molecule has 1 aromatic carbocycles. The summed E-state index contributed by atoms with van der Waals surface area (Å²) >= 11 is 0. The molecule has 0 saturated carbocycles. The summed E-state index contributed by atoms with van der Waals surface area (Å²) in [5, 5.41) is 7.16. The summed E-state index contributed by atoms with van der Waals surface area (Å²) in [7, 11) is 1.83. The van der Waals surface area contributed by atoms with Gasteiger partial charge >= 0.3 is 0 Å². The molecule has 26 heavy (non-hydrogen) atoms. The molecule has 3 rings (SSSR count). The van der Waals surface area contributed by atoms with Crippen LogP contribution >= 0.6 is 0 Å². The number of nitrogens with zero attached hydrogens (tertiary/aromatic N) is 4. The Labute approximate surface area is 153 Å². The third-order valence-corrected chi connectivity index (χ3v) is 4.71. The van der Waals surface area contributed by atoms with Gasteiger partial charge in [-0.25, -0.2) is 0 Å². The summed E-state index contributed by atoms with van der Waals surface area (Å²) < 4.78 is 1.68. The molecule has 138 valence electrons. The minimum Gasteiger partial charge on any atom is -0.333 e. The van der Waals surface area contributed by atoms with E-state index < -0.39 is 0 Å². The van der Waals surface area contributed by atoms with Crippen LogP contribution in [0.4, 0.5) is 5.69 Å². The van der Waals surface area contributed by atoms with E-state index in [-0.39, 0.29) is 17.9 Å². The second-order valence-electron chi connectivity index (χ2n) is 6.72. The lowest BCUT2D eigenvalue weighted by Crippen LogP contribution is -2.51. The zero-order chi connectivity index (χ0) is 18.7. The predicted molar refractivity (Wildman–Crippen MR) is 99.6 cm³/mol. The lowest BCUT2D eigenvalue weighted by Gasteiger charge is -2.41. The van der Waals surface area contributed by atoms with Gasteiger partial charge in [-0.3, -0.25) is 19.2 Å². The van der Waals surface area contributed by atoms with E-state index in [0.717, 1.165) is 16.9 Å². The van der Waals surface area contributed by atoms with Crippen molar-refractivity contribution < 1.29 is 9.59 Å². The summed E-state index contributed by atoms with van der Waals surface area (Å²) in [6, 6.07) is 9.95. The molecular formula is C19H25N5O2. The molecule has 0 aliphatic carbocycles. The topological polar surface area (TPSA) is 70.5 Å². The number of carbonyl (C=O) groups is 2. The summed E-state index contributed by atoms with van der Waals surface area (Å²) in [5.74, 6) is -0.00174. The summed E-state index contributed by atoms with van der Waals surface area (Å²) in [5.41, 5.74) is 2.62. The highest BCUT2D eigenvalue weighted by Crippen LogP contribution is 2.25. The monoisotopic (exact) mass is 355 g/mol. The highest BCUT2D eigenvalue weighted by molar-refractivity contribution is 5.92. The first-order chi connectivity index (χ1) is 12.4. The van der Waals surface area contributed by atoms with Gasteiger partial charge in [0.2, 0.25) is 11.8 Å². The van der Waals surface area contributed by atoms with Crippen molar-refractivity contribution in [1.29, 1.82) is 0 Å². The first-order valence-electron chi connectivity index (χ1n) is 8.78. The first-order valence-corrected chi connectivity index (χ1v) is 8.78. The van der Waals surface area contributed by atoms with E-state index in [4.69, 9.17) is 0 Å². The molecule has 0 unspecified atom stereocenters. The number of anilines is 1. The molecule has 1 aliphatic heterocycles. The minimum atomic E-state index is -0.0656. The minimum absolute atomic E-state index is 0.0321. The highest BCUT2D eigenvalue weighted by atomic mass is 16.2. The zero-order valence-electron chi connectivity index (χ0n) is 15.5. The van der Waals surface area contributed by atoms with Gasteiger partial charge in [0.05, 0.1) is 24.0 Å². The number of aromatic nitrogens is 2. The van der Waals surface area contributed by atoms with Crippen LogP contribution in [0.25, 0.3) is 0 Å². The maximum absolute atomic E-state index is 12.4. The van der Waals surface area contributed by atoms with Crippen molar-refractivity contribution in [2.45, 2.75) is 19.9 Å². The summed E-state index contributed by atoms with van der Waals surface area (Å²) in [6.45, 7) is 5.71. The third-order valence-electron chi connectivity index (χ3n) is 4.71. The van der Waals surface area contributed by atoms with Crippen LogP contribution in [0.2, 0.25) is 0 Å². The molecule has 7 heteroatoms. The molecule has 1 N–H and O–H groups in total. The van der Waals surface area contributed by atoms with Crippen LogP contribution in [0, 0.1) is 6.92 Å². The molecule has 7 nitrogen and oxygen atoms in total. The maximum Gasteiger partial charge on any atom is 0.238 e. The predicted octanol–water partition coefficient (Wildman–Crippen LogP) is 1.57. The normalized spacial score (nSPS) is 18.0. The Balaban J connectivity index is 1.66. The maximum atomic E-state index is 12.4. The number of hydrogen-bond donors (Lipinski definition) is 1. The van der Waals surface area contributed by atoms with Gasteiger partial charge < -0.3 is 10.2 Å². The van der Waals surface area contributed by atoms with Crippen LogP contribution in [-0.2, 0) is 16.6 Å². The van der Waals surface area contributed by atoms with Crippen molar-refractivity contribution >= 4 is 17.5 Å². The fourth-order valence-corrected chi connectivity index (χ4v) is 3.44. The van der Waals surface area contributed by atoms with Gasteiger partial charge in [0, 0.05) is 39.8 Å². The van der Waals surface area contributed by atoms with Crippen molar-refractivity contribution in [2.75, 3.05) is 31.5 Å². The number of rotatable bonds is 4. The number of nitrogens with one attached hydrogen (secondary N) is 1. The molecule has 1 aliphatic rings.